The van der Waals surface area contributed by atoms with Gasteiger partial charge in [0.15, 0.2) is 6.29 Å². The van der Waals surface area contributed by atoms with Gasteiger partial charge in [0.1, 0.15) is 0 Å². The molecule has 0 spiro atoms. The Hall–Kier alpha value is -0.920. The first kappa shape index (κ1) is 16.9. The number of thioether (sulfide) groups is 1. The van der Waals surface area contributed by atoms with Crippen molar-refractivity contribution in [3.8, 4) is 0 Å². The highest BCUT2D eigenvalue weighted by atomic mass is 79.9. The van der Waals surface area contributed by atoms with Crippen LogP contribution in [-0.2, 0) is 9.47 Å². The molecule has 0 unspecified atom stereocenters. The fourth-order valence-electron chi connectivity index (χ4n) is 2.41. The molecular formula is C16H16BrClN2O2S. The second-order valence-electron chi connectivity index (χ2n) is 4.95. The van der Waals surface area contributed by atoms with Gasteiger partial charge in [-0.2, -0.15) is 0 Å². The molecule has 1 aliphatic heterocycles. The molecule has 0 fully saturated rings. The molecule has 1 heterocycles. The number of ether oxygens (including phenoxy) is 2. The van der Waals surface area contributed by atoms with Crippen molar-refractivity contribution in [3.63, 3.8) is 0 Å². The van der Waals surface area contributed by atoms with Gasteiger partial charge in [-0.15, -0.1) is 11.8 Å². The third kappa shape index (κ3) is 3.46. The number of halogens is 2. The minimum absolute atomic E-state index is 0.373. The smallest absolute Gasteiger partial charge is 0.183 e. The maximum absolute atomic E-state index is 6.34. The molecule has 0 amide bonds. The maximum atomic E-state index is 6.34. The predicted molar refractivity (Wildman–Crippen MR) is 99.2 cm³/mol. The first-order valence-corrected chi connectivity index (χ1v) is 9.10. The number of nitrogens with zero attached hydrogens (tertiary/aromatic N) is 1. The van der Waals surface area contributed by atoms with Gasteiger partial charge in [0.2, 0.25) is 0 Å². The average molecular weight is 416 g/mol. The molecule has 4 nitrogen and oxygen atoms in total. The second kappa shape index (κ2) is 7.32. The standard InChI is InChI=1S/C16H16BrClN2O2S/c1-21-16(22-2)10-6-7-14-13(8-10)20(9-23-14)19-12-5-3-4-11(17)15(12)18/h3-8,16,19H,9H2,1-2H3. The molecule has 0 saturated heterocycles. The van der Waals surface area contributed by atoms with Crippen molar-refractivity contribution in [1.29, 1.82) is 0 Å². The highest BCUT2D eigenvalue weighted by Gasteiger charge is 2.23. The van der Waals surface area contributed by atoms with Crippen molar-refractivity contribution < 1.29 is 9.47 Å². The number of rotatable bonds is 5. The number of methoxy groups -OCH3 is 2. The van der Waals surface area contributed by atoms with E-state index in [4.69, 9.17) is 21.1 Å². The summed E-state index contributed by atoms with van der Waals surface area (Å²) < 4.78 is 11.5. The van der Waals surface area contributed by atoms with Crippen molar-refractivity contribution in [3.05, 3.63) is 51.5 Å². The van der Waals surface area contributed by atoms with E-state index in [0.717, 1.165) is 27.3 Å². The molecule has 3 rings (SSSR count). The molecular weight excluding hydrogens is 400 g/mol. The lowest BCUT2D eigenvalue weighted by atomic mass is 10.2. The number of fused-ring (bicyclic) bond motifs is 1. The maximum Gasteiger partial charge on any atom is 0.183 e. The minimum atomic E-state index is -0.373. The van der Waals surface area contributed by atoms with Crippen LogP contribution in [0, 0.1) is 0 Å². The van der Waals surface area contributed by atoms with Crippen molar-refractivity contribution in [2.24, 2.45) is 0 Å². The lowest BCUT2D eigenvalue weighted by Crippen LogP contribution is -2.26. The quantitative estimate of drug-likeness (QED) is 0.671. The van der Waals surface area contributed by atoms with Gasteiger partial charge in [-0.3, -0.25) is 10.4 Å². The molecule has 0 aromatic heterocycles. The molecule has 0 atom stereocenters. The van der Waals surface area contributed by atoms with Crippen LogP contribution in [0.15, 0.2) is 45.8 Å². The van der Waals surface area contributed by atoms with E-state index in [1.165, 1.54) is 4.90 Å². The van der Waals surface area contributed by atoms with Crippen LogP contribution in [0.3, 0.4) is 0 Å². The van der Waals surface area contributed by atoms with E-state index in [1.807, 2.05) is 24.3 Å². The van der Waals surface area contributed by atoms with Gasteiger partial charge in [0, 0.05) is 29.2 Å². The molecule has 0 bridgehead atoms. The summed E-state index contributed by atoms with van der Waals surface area (Å²) in [5.41, 5.74) is 6.29. The molecule has 1 N–H and O–H groups in total. The van der Waals surface area contributed by atoms with Gasteiger partial charge in [0.05, 0.1) is 22.3 Å². The Labute approximate surface area is 153 Å². The lowest BCUT2D eigenvalue weighted by molar-refractivity contribution is -0.106. The minimum Gasteiger partial charge on any atom is -0.352 e. The topological polar surface area (TPSA) is 33.7 Å². The highest BCUT2D eigenvalue weighted by molar-refractivity contribution is 9.10. The number of hydrazine groups is 1. The normalized spacial score (nSPS) is 13.5. The monoisotopic (exact) mass is 414 g/mol. The summed E-state index contributed by atoms with van der Waals surface area (Å²) in [4.78, 5) is 1.21. The molecule has 7 heteroatoms. The number of hydrogen-bond donors (Lipinski definition) is 1. The zero-order valence-electron chi connectivity index (χ0n) is 12.7. The Kier molecular flexibility index (Phi) is 5.38. The van der Waals surface area contributed by atoms with Crippen LogP contribution < -0.4 is 10.4 Å². The van der Waals surface area contributed by atoms with Gasteiger partial charge < -0.3 is 9.47 Å². The van der Waals surface area contributed by atoms with E-state index in [-0.39, 0.29) is 6.29 Å². The summed E-state index contributed by atoms with van der Waals surface area (Å²) in [6.45, 7) is 0. The molecule has 23 heavy (non-hydrogen) atoms. The molecule has 0 aliphatic carbocycles. The van der Waals surface area contributed by atoms with E-state index in [9.17, 15) is 0 Å². The fraction of sp³-hybridized carbons (Fsp3) is 0.250. The molecule has 2 aromatic rings. The van der Waals surface area contributed by atoms with E-state index < -0.39 is 0 Å². The van der Waals surface area contributed by atoms with Gasteiger partial charge in [0.25, 0.3) is 0 Å². The van der Waals surface area contributed by atoms with Crippen LogP contribution in [0.5, 0.6) is 0 Å². The number of anilines is 2. The van der Waals surface area contributed by atoms with Crippen LogP contribution in [0.2, 0.25) is 5.02 Å². The SMILES string of the molecule is COC(OC)c1ccc2c(c1)N(Nc1cccc(Br)c1Cl)CS2. The number of hydrogen-bond acceptors (Lipinski definition) is 5. The zero-order valence-corrected chi connectivity index (χ0v) is 15.8. The number of nitrogens with one attached hydrogen (secondary N) is 1. The van der Waals surface area contributed by atoms with E-state index in [1.54, 1.807) is 26.0 Å². The highest BCUT2D eigenvalue weighted by Crippen LogP contribution is 2.41. The Bertz CT molecular complexity index is 712. The van der Waals surface area contributed by atoms with Crippen molar-refractivity contribution in [2.45, 2.75) is 11.2 Å². The van der Waals surface area contributed by atoms with Gasteiger partial charge in [-0.05, 0) is 40.2 Å². The summed E-state index contributed by atoms with van der Waals surface area (Å²) in [7, 11) is 3.26. The van der Waals surface area contributed by atoms with Crippen LogP contribution in [-0.4, -0.2) is 20.1 Å². The van der Waals surface area contributed by atoms with Gasteiger partial charge >= 0.3 is 0 Å². The first-order valence-electron chi connectivity index (χ1n) is 6.94. The third-order valence-corrected chi connectivity index (χ3v) is 5.87. The molecule has 122 valence electrons. The van der Waals surface area contributed by atoms with Crippen molar-refractivity contribution in [1.82, 2.24) is 0 Å². The Morgan fingerprint density at radius 2 is 2.04 bits per heavy atom. The van der Waals surface area contributed by atoms with Crippen LogP contribution in [0.1, 0.15) is 11.9 Å². The molecule has 0 saturated carbocycles. The van der Waals surface area contributed by atoms with Crippen molar-refractivity contribution >= 4 is 50.7 Å². The summed E-state index contributed by atoms with van der Waals surface area (Å²) in [6, 6.07) is 12.0. The van der Waals surface area contributed by atoms with E-state index in [0.29, 0.717) is 5.02 Å². The van der Waals surface area contributed by atoms with Crippen LogP contribution in [0.25, 0.3) is 0 Å². The van der Waals surface area contributed by atoms with Crippen molar-refractivity contribution in [2.75, 3.05) is 30.5 Å². The predicted octanol–water partition coefficient (Wildman–Crippen LogP) is 5.29. The van der Waals surface area contributed by atoms with E-state index in [2.05, 4.69) is 38.5 Å². The number of benzene rings is 2. The third-order valence-electron chi connectivity index (χ3n) is 3.53. The van der Waals surface area contributed by atoms with Crippen LogP contribution in [0.4, 0.5) is 11.4 Å². The van der Waals surface area contributed by atoms with Crippen LogP contribution >= 0.6 is 39.3 Å². The Morgan fingerprint density at radius 1 is 1.26 bits per heavy atom. The lowest BCUT2D eigenvalue weighted by Gasteiger charge is -2.23. The largest absolute Gasteiger partial charge is 0.352 e. The summed E-state index contributed by atoms with van der Waals surface area (Å²) in [5, 5.41) is 2.73. The summed E-state index contributed by atoms with van der Waals surface area (Å²) >= 11 is 11.6. The van der Waals surface area contributed by atoms with Gasteiger partial charge in [-0.1, -0.05) is 23.7 Å². The van der Waals surface area contributed by atoms with E-state index >= 15 is 0 Å². The Morgan fingerprint density at radius 3 is 2.78 bits per heavy atom. The van der Waals surface area contributed by atoms with Gasteiger partial charge in [-0.25, -0.2) is 0 Å². The Balaban J connectivity index is 1.88. The summed E-state index contributed by atoms with van der Waals surface area (Å²) in [6.07, 6.45) is -0.373. The summed E-state index contributed by atoms with van der Waals surface area (Å²) in [5.74, 6) is 0.798. The molecule has 1 aliphatic rings. The average Bonchev–Trinajstić information content (AvgIpc) is 2.95. The second-order valence-corrected chi connectivity index (χ2v) is 7.16. The molecule has 0 radical (unpaired) electrons. The fourth-order valence-corrected chi connectivity index (χ4v) is 3.90. The molecule has 2 aromatic carbocycles. The zero-order chi connectivity index (χ0) is 16.4. The first-order chi connectivity index (χ1) is 11.1.